The lowest BCUT2D eigenvalue weighted by molar-refractivity contribution is -0.136. The van der Waals surface area contributed by atoms with Gasteiger partial charge in [-0.3, -0.25) is 4.98 Å². The van der Waals surface area contributed by atoms with Gasteiger partial charge in [0.15, 0.2) is 0 Å². The van der Waals surface area contributed by atoms with E-state index in [1.807, 2.05) is 0 Å². The summed E-state index contributed by atoms with van der Waals surface area (Å²) in [7, 11) is 0. The lowest BCUT2D eigenvalue weighted by Crippen LogP contribution is -2.06. The number of rotatable bonds is 2. The quantitative estimate of drug-likeness (QED) is 0.891. The summed E-state index contributed by atoms with van der Waals surface area (Å²) in [6.45, 7) is 0.388. The predicted octanol–water partition coefficient (Wildman–Crippen LogP) is 3.23. The highest BCUT2D eigenvalue weighted by molar-refractivity contribution is 5.87. The number of alkyl halides is 3. The Balaban J connectivity index is 2.57. The first-order valence-corrected chi connectivity index (χ1v) is 5.34. The Morgan fingerprint density at radius 1 is 1.22 bits per heavy atom. The highest BCUT2D eigenvalue weighted by Crippen LogP contribution is 2.34. The van der Waals surface area contributed by atoms with E-state index >= 15 is 0 Å². The molecule has 94 valence electrons. The van der Waals surface area contributed by atoms with Crippen molar-refractivity contribution in [3.63, 3.8) is 0 Å². The Kier molecular flexibility index (Phi) is 3.34. The summed E-state index contributed by atoms with van der Waals surface area (Å²) in [6.07, 6.45) is 1.38. The van der Waals surface area contributed by atoms with Crippen LogP contribution in [0.2, 0.25) is 0 Å². The average Bonchev–Trinajstić information content (AvgIpc) is 2.34. The summed E-state index contributed by atoms with van der Waals surface area (Å²) in [5.74, 6) is 0. The van der Waals surface area contributed by atoms with Crippen LogP contribution in [0.5, 0.6) is 0 Å². The molecule has 18 heavy (non-hydrogen) atoms. The molecule has 0 saturated heterocycles. The number of fused-ring (bicyclic) bond motifs is 1. The van der Waals surface area contributed by atoms with Crippen LogP contribution >= 0.6 is 0 Å². The fourth-order valence-electron chi connectivity index (χ4n) is 1.73. The smallest absolute Gasteiger partial charge is 0.327 e. The molecule has 0 bridgehead atoms. The fraction of sp³-hybridized carbons (Fsp3) is 0.154. The van der Waals surface area contributed by atoms with E-state index in [2.05, 4.69) is 4.98 Å². The minimum absolute atomic E-state index is 0.155. The molecule has 0 saturated carbocycles. The van der Waals surface area contributed by atoms with Crippen LogP contribution in [-0.4, -0.2) is 11.5 Å². The van der Waals surface area contributed by atoms with Gasteiger partial charge >= 0.3 is 6.18 Å². The van der Waals surface area contributed by atoms with Crippen LogP contribution in [0, 0.1) is 0 Å². The van der Waals surface area contributed by atoms with Crippen LogP contribution < -0.4 is 5.73 Å². The molecule has 1 aromatic carbocycles. The Morgan fingerprint density at radius 3 is 2.67 bits per heavy atom. The summed E-state index contributed by atoms with van der Waals surface area (Å²) in [4.78, 5) is 3.63. The molecule has 0 fully saturated rings. The zero-order valence-corrected chi connectivity index (χ0v) is 9.41. The van der Waals surface area contributed by atoms with E-state index in [1.165, 1.54) is 12.3 Å². The molecule has 0 aliphatic carbocycles. The summed E-state index contributed by atoms with van der Waals surface area (Å²) < 4.78 is 38.3. The van der Waals surface area contributed by atoms with Gasteiger partial charge in [0.05, 0.1) is 5.56 Å². The second-order valence-corrected chi connectivity index (χ2v) is 3.80. The summed E-state index contributed by atoms with van der Waals surface area (Å²) in [5, 5.41) is 0.617. The molecule has 5 heteroatoms. The van der Waals surface area contributed by atoms with Gasteiger partial charge in [-0.25, -0.2) is 0 Å². The van der Waals surface area contributed by atoms with Gasteiger partial charge in [-0.15, -0.1) is 0 Å². The number of benzene rings is 1. The predicted molar refractivity (Wildman–Crippen MR) is 64.8 cm³/mol. The van der Waals surface area contributed by atoms with Crippen LogP contribution in [0.3, 0.4) is 0 Å². The van der Waals surface area contributed by atoms with E-state index in [9.17, 15) is 13.2 Å². The van der Waals surface area contributed by atoms with Crippen molar-refractivity contribution in [2.45, 2.75) is 6.18 Å². The Hall–Kier alpha value is -1.88. The van der Waals surface area contributed by atoms with E-state index in [4.69, 9.17) is 5.73 Å². The molecule has 0 unspecified atom stereocenters. The van der Waals surface area contributed by atoms with Crippen molar-refractivity contribution >= 4 is 16.8 Å². The van der Waals surface area contributed by atoms with Gasteiger partial charge in [0.1, 0.15) is 0 Å². The SMILES string of the molecule is NC/C=C/c1ccc2c(C(F)(F)F)cncc2c1. The molecule has 0 amide bonds. The summed E-state index contributed by atoms with van der Waals surface area (Å²) in [5.41, 5.74) is 5.41. The van der Waals surface area contributed by atoms with E-state index < -0.39 is 11.7 Å². The van der Waals surface area contributed by atoms with Crippen molar-refractivity contribution in [2.75, 3.05) is 6.54 Å². The molecule has 2 N–H and O–H groups in total. The third-order valence-electron chi connectivity index (χ3n) is 2.53. The highest BCUT2D eigenvalue weighted by atomic mass is 19.4. The monoisotopic (exact) mass is 252 g/mol. The van der Waals surface area contributed by atoms with Crippen LogP contribution in [0.15, 0.2) is 36.7 Å². The van der Waals surface area contributed by atoms with Gasteiger partial charge < -0.3 is 5.73 Å². The molecule has 0 spiro atoms. The van der Waals surface area contributed by atoms with Crippen LogP contribution in [0.25, 0.3) is 16.8 Å². The molecule has 2 aromatic rings. The Bertz CT molecular complexity index is 588. The van der Waals surface area contributed by atoms with Crippen molar-refractivity contribution in [1.29, 1.82) is 0 Å². The molecule has 1 aromatic heterocycles. The van der Waals surface area contributed by atoms with Crippen molar-refractivity contribution in [3.05, 3.63) is 47.8 Å². The largest absolute Gasteiger partial charge is 0.418 e. The molecule has 1 heterocycles. The minimum atomic E-state index is -4.39. The molecule has 2 nitrogen and oxygen atoms in total. The van der Waals surface area contributed by atoms with Gasteiger partial charge in [-0.2, -0.15) is 13.2 Å². The van der Waals surface area contributed by atoms with E-state index in [0.717, 1.165) is 11.8 Å². The molecule has 2 rings (SSSR count). The maximum atomic E-state index is 12.8. The molecule has 0 radical (unpaired) electrons. The van der Waals surface area contributed by atoms with Crippen molar-refractivity contribution in [2.24, 2.45) is 5.73 Å². The fourth-order valence-corrected chi connectivity index (χ4v) is 1.73. The first-order valence-electron chi connectivity index (χ1n) is 5.34. The highest BCUT2D eigenvalue weighted by Gasteiger charge is 2.32. The normalized spacial score (nSPS) is 12.4. The number of nitrogens with two attached hydrogens (primary N) is 1. The minimum Gasteiger partial charge on any atom is -0.327 e. The van der Waals surface area contributed by atoms with Gasteiger partial charge in [-0.1, -0.05) is 24.3 Å². The van der Waals surface area contributed by atoms with Crippen molar-refractivity contribution in [1.82, 2.24) is 4.98 Å². The van der Waals surface area contributed by atoms with E-state index in [0.29, 0.717) is 11.9 Å². The number of nitrogens with zero attached hydrogens (tertiary/aromatic N) is 1. The third kappa shape index (κ3) is 2.51. The van der Waals surface area contributed by atoms with Gasteiger partial charge in [0, 0.05) is 24.3 Å². The second-order valence-electron chi connectivity index (χ2n) is 3.80. The van der Waals surface area contributed by atoms with Gasteiger partial charge in [0.25, 0.3) is 0 Å². The number of pyridine rings is 1. The molecule has 0 aliphatic rings. The summed E-state index contributed by atoms with van der Waals surface area (Å²) >= 11 is 0. The zero-order chi connectivity index (χ0) is 13.2. The number of hydrogen-bond donors (Lipinski definition) is 1. The van der Waals surface area contributed by atoms with Gasteiger partial charge in [0.2, 0.25) is 0 Å². The van der Waals surface area contributed by atoms with Crippen LogP contribution in [-0.2, 0) is 6.18 Å². The maximum absolute atomic E-state index is 12.8. The van der Waals surface area contributed by atoms with E-state index in [1.54, 1.807) is 24.3 Å². The number of aromatic nitrogens is 1. The van der Waals surface area contributed by atoms with Crippen molar-refractivity contribution < 1.29 is 13.2 Å². The third-order valence-corrected chi connectivity index (χ3v) is 2.53. The number of hydrogen-bond acceptors (Lipinski definition) is 2. The van der Waals surface area contributed by atoms with Crippen LogP contribution in [0.1, 0.15) is 11.1 Å². The Labute approximate surface area is 102 Å². The molecule has 0 atom stereocenters. The second kappa shape index (κ2) is 4.78. The first-order chi connectivity index (χ1) is 8.52. The van der Waals surface area contributed by atoms with Crippen molar-refractivity contribution in [3.8, 4) is 0 Å². The van der Waals surface area contributed by atoms with Gasteiger partial charge in [-0.05, 0) is 17.0 Å². The Morgan fingerprint density at radius 2 is 2.00 bits per heavy atom. The first kappa shape index (κ1) is 12.6. The molecular weight excluding hydrogens is 241 g/mol. The zero-order valence-electron chi connectivity index (χ0n) is 9.41. The maximum Gasteiger partial charge on any atom is 0.418 e. The average molecular weight is 252 g/mol. The summed E-state index contributed by atoms with van der Waals surface area (Å²) in [6, 6.07) is 4.74. The lowest BCUT2D eigenvalue weighted by atomic mass is 10.0. The molecular formula is C13H11F3N2. The van der Waals surface area contributed by atoms with Crippen LogP contribution in [0.4, 0.5) is 13.2 Å². The number of halogens is 3. The standard InChI is InChI=1S/C13H11F3N2/c14-13(15,16)12-8-18-7-10-6-9(2-1-5-17)3-4-11(10)12/h1-4,6-8H,5,17H2/b2-1+. The molecule has 0 aliphatic heterocycles. The topological polar surface area (TPSA) is 38.9 Å². The van der Waals surface area contributed by atoms with E-state index in [-0.39, 0.29) is 5.39 Å². The lowest BCUT2D eigenvalue weighted by Gasteiger charge is -2.09.